The van der Waals surface area contributed by atoms with Gasteiger partial charge in [-0.25, -0.2) is 4.79 Å². The van der Waals surface area contributed by atoms with Gasteiger partial charge in [-0.05, 0) is 27.2 Å². The molecule has 4 nitrogen and oxygen atoms in total. The van der Waals surface area contributed by atoms with Crippen LogP contribution in [0.4, 0.5) is 0 Å². The summed E-state index contributed by atoms with van der Waals surface area (Å²) in [6.07, 6.45) is 0.860. The molecule has 0 saturated carbocycles. The zero-order valence-corrected chi connectivity index (χ0v) is 13.7. The van der Waals surface area contributed by atoms with Crippen LogP contribution in [-0.2, 0) is 19.0 Å². The number of esters is 1. The number of carbonyl (C=O) groups excluding carboxylic acids is 1. The van der Waals surface area contributed by atoms with Crippen LogP contribution in [0, 0.1) is 0 Å². The van der Waals surface area contributed by atoms with Crippen LogP contribution in [0.2, 0.25) is 0 Å². The molecule has 0 unspecified atom stereocenters. The van der Waals surface area contributed by atoms with Crippen molar-refractivity contribution in [2.45, 2.75) is 40.0 Å². The molecule has 5 heteroatoms. The molecular formula is C12H26O4Si. The van der Waals surface area contributed by atoms with Crippen LogP contribution in [0.5, 0.6) is 0 Å². The Bertz CT molecular complexity index is 201. The van der Waals surface area contributed by atoms with Crippen molar-refractivity contribution in [3.8, 4) is 0 Å². The highest BCUT2D eigenvalue weighted by Gasteiger charge is 1.99. The lowest BCUT2D eigenvalue weighted by atomic mass is 10.4. The lowest BCUT2D eigenvalue weighted by Gasteiger charge is -2.09. The first-order valence-corrected chi connectivity index (χ1v) is 7.20. The highest BCUT2D eigenvalue weighted by Crippen LogP contribution is 1.91. The summed E-state index contributed by atoms with van der Waals surface area (Å²) in [5.74, 6) is -0.193. The fourth-order valence-electron chi connectivity index (χ4n) is 0.835. The van der Waals surface area contributed by atoms with E-state index in [4.69, 9.17) is 14.2 Å². The van der Waals surface area contributed by atoms with E-state index in [1.54, 1.807) is 6.92 Å². The lowest BCUT2D eigenvalue weighted by molar-refractivity contribution is -0.138. The van der Waals surface area contributed by atoms with Crippen molar-refractivity contribution in [3.05, 3.63) is 12.2 Å². The monoisotopic (exact) mass is 262 g/mol. The predicted molar refractivity (Wildman–Crippen MR) is 73.0 cm³/mol. The Labute approximate surface area is 108 Å². The minimum atomic E-state index is -0.295. The van der Waals surface area contributed by atoms with E-state index in [0.29, 0.717) is 12.2 Å². The number of carbonyl (C=O) groups is 1. The third-order valence-corrected chi connectivity index (χ3v) is 2.26. The van der Waals surface area contributed by atoms with Crippen LogP contribution in [0.15, 0.2) is 12.2 Å². The van der Waals surface area contributed by atoms with Crippen molar-refractivity contribution in [2.24, 2.45) is 0 Å². The molecule has 0 radical (unpaired) electrons. The number of rotatable bonds is 7. The van der Waals surface area contributed by atoms with Crippen molar-refractivity contribution in [1.82, 2.24) is 0 Å². The quantitative estimate of drug-likeness (QED) is 0.299. The summed E-state index contributed by atoms with van der Waals surface area (Å²) >= 11 is 0. The first-order valence-electron chi connectivity index (χ1n) is 6.05. The van der Waals surface area contributed by atoms with Crippen molar-refractivity contribution in [1.29, 1.82) is 0 Å². The first kappa shape index (κ1) is 18.7. The van der Waals surface area contributed by atoms with E-state index in [0.717, 1.165) is 29.9 Å². The van der Waals surface area contributed by atoms with Crippen molar-refractivity contribution < 1.29 is 19.0 Å². The highest BCUT2D eigenvalue weighted by atomic mass is 28.1. The molecule has 0 aromatic heterocycles. The maximum Gasteiger partial charge on any atom is 0.333 e. The molecule has 0 fully saturated rings. The second-order valence-corrected chi connectivity index (χ2v) is 4.34. The number of hydrogen-bond donors (Lipinski definition) is 0. The van der Waals surface area contributed by atoms with Gasteiger partial charge in [-0.2, -0.15) is 0 Å². The number of ether oxygens (including phenoxy) is 3. The van der Waals surface area contributed by atoms with Gasteiger partial charge < -0.3 is 14.2 Å². The van der Waals surface area contributed by atoms with E-state index >= 15 is 0 Å². The molecule has 0 atom stereocenters. The minimum Gasteiger partial charge on any atom is -0.462 e. The maximum absolute atomic E-state index is 10.6. The van der Waals surface area contributed by atoms with Crippen molar-refractivity contribution in [2.75, 3.05) is 19.8 Å². The van der Waals surface area contributed by atoms with Gasteiger partial charge in [0.2, 0.25) is 0 Å². The Morgan fingerprint density at radius 1 is 1.24 bits per heavy atom. The van der Waals surface area contributed by atoms with Crippen LogP contribution in [0.25, 0.3) is 0 Å². The second-order valence-electron chi connectivity index (χ2n) is 3.39. The van der Waals surface area contributed by atoms with Crippen LogP contribution >= 0.6 is 0 Å². The highest BCUT2D eigenvalue weighted by molar-refractivity contribution is 6.10. The van der Waals surface area contributed by atoms with E-state index in [9.17, 15) is 4.79 Å². The molecular weight excluding hydrogens is 236 g/mol. The lowest BCUT2D eigenvalue weighted by Crippen LogP contribution is -2.16. The van der Waals surface area contributed by atoms with Gasteiger partial charge in [-0.1, -0.05) is 13.5 Å². The first-order chi connectivity index (χ1) is 7.99. The zero-order chi connectivity index (χ0) is 13.7. The van der Waals surface area contributed by atoms with Gasteiger partial charge in [0.25, 0.3) is 0 Å². The van der Waals surface area contributed by atoms with Crippen LogP contribution in [0.1, 0.15) is 34.1 Å². The number of hydrogen-bond acceptors (Lipinski definition) is 4. The van der Waals surface area contributed by atoms with Crippen molar-refractivity contribution in [3.63, 3.8) is 0 Å². The van der Waals surface area contributed by atoms with Gasteiger partial charge >= 0.3 is 5.97 Å². The molecule has 0 amide bonds. The molecule has 0 aliphatic carbocycles. The maximum atomic E-state index is 10.6. The van der Waals surface area contributed by atoms with E-state index < -0.39 is 0 Å². The molecule has 102 valence electrons. The zero-order valence-electron chi connectivity index (χ0n) is 11.7. The SMILES string of the molecule is C=C(C)C(=O)OCCC.CCOC([SiH3])OCC. The standard InChI is InChI=1S/C7H12O2.C5H14O2Si/c1-4-5-9-7(8)6(2)3;1-3-6-5(8)7-4-2/h2,4-5H2,1,3H3;5H,3-4H2,1-2,8H3. The average molecular weight is 262 g/mol. The smallest absolute Gasteiger partial charge is 0.333 e. The van der Waals surface area contributed by atoms with Gasteiger partial charge in [0.1, 0.15) is 5.91 Å². The summed E-state index contributed by atoms with van der Waals surface area (Å²) in [4.78, 5) is 10.6. The van der Waals surface area contributed by atoms with E-state index in [1.165, 1.54) is 0 Å². The molecule has 0 aliphatic heterocycles. The average Bonchev–Trinajstić information content (AvgIpc) is 2.27. The Hall–Kier alpha value is -0.653. The third kappa shape index (κ3) is 15.3. The largest absolute Gasteiger partial charge is 0.462 e. The molecule has 0 N–H and O–H groups in total. The van der Waals surface area contributed by atoms with E-state index in [-0.39, 0.29) is 11.9 Å². The molecule has 0 rings (SSSR count). The molecule has 0 aromatic rings. The van der Waals surface area contributed by atoms with Gasteiger partial charge in [-0.3, -0.25) is 0 Å². The molecule has 17 heavy (non-hydrogen) atoms. The normalized spacial score (nSPS) is 9.71. The molecule has 0 saturated heterocycles. The Balaban J connectivity index is 0. The van der Waals surface area contributed by atoms with Crippen LogP contribution in [0.3, 0.4) is 0 Å². The summed E-state index contributed by atoms with van der Waals surface area (Å²) in [5.41, 5.74) is 0.462. The fraction of sp³-hybridized carbons (Fsp3) is 0.750. The topological polar surface area (TPSA) is 44.8 Å². The molecule has 0 bridgehead atoms. The molecule has 0 spiro atoms. The van der Waals surface area contributed by atoms with Gasteiger partial charge in [-0.15, -0.1) is 0 Å². The summed E-state index contributed by atoms with van der Waals surface area (Å²) in [7, 11) is 0.964. The Kier molecular flexibility index (Phi) is 14.8. The summed E-state index contributed by atoms with van der Waals surface area (Å²) in [6, 6.07) is 0. The molecule has 0 heterocycles. The Morgan fingerprint density at radius 3 is 2.00 bits per heavy atom. The summed E-state index contributed by atoms with van der Waals surface area (Å²) in [6.45, 7) is 13.0. The predicted octanol–water partition coefficient (Wildman–Crippen LogP) is 1.22. The van der Waals surface area contributed by atoms with E-state index in [2.05, 4.69) is 6.58 Å². The summed E-state index contributed by atoms with van der Waals surface area (Å²) in [5, 5.41) is 0. The van der Waals surface area contributed by atoms with Gasteiger partial charge in [0.15, 0.2) is 0 Å². The minimum absolute atomic E-state index is 0.102. The Morgan fingerprint density at radius 2 is 1.71 bits per heavy atom. The van der Waals surface area contributed by atoms with Gasteiger partial charge in [0.05, 0.1) is 16.8 Å². The fourth-order valence-corrected chi connectivity index (χ4v) is 1.50. The molecule has 0 aliphatic rings. The molecule has 0 aromatic carbocycles. The third-order valence-electron chi connectivity index (χ3n) is 1.59. The van der Waals surface area contributed by atoms with Crippen molar-refractivity contribution >= 4 is 16.2 Å². The van der Waals surface area contributed by atoms with Crippen LogP contribution < -0.4 is 0 Å². The van der Waals surface area contributed by atoms with Crippen LogP contribution in [-0.4, -0.2) is 41.9 Å². The van der Waals surface area contributed by atoms with E-state index in [1.807, 2.05) is 20.8 Å². The van der Waals surface area contributed by atoms with Gasteiger partial charge in [0, 0.05) is 18.8 Å². The summed E-state index contributed by atoms with van der Waals surface area (Å²) < 4.78 is 15.0. The second kappa shape index (κ2) is 13.4.